The molecule has 2 aromatic carbocycles. The first kappa shape index (κ1) is 23.4. The van der Waals surface area contributed by atoms with Gasteiger partial charge in [0.15, 0.2) is 23.1 Å². The van der Waals surface area contributed by atoms with Gasteiger partial charge in [-0.25, -0.2) is 8.78 Å². The van der Waals surface area contributed by atoms with E-state index < -0.39 is 40.7 Å². The Morgan fingerprint density at radius 3 is 2.76 bits per heavy atom. The molecule has 3 unspecified atom stereocenters. The molecule has 1 spiro atoms. The molecule has 0 radical (unpaired) electrons. The number of rotatable bonds is 5. The lowest BCUT2D eigenvalue weighted by atomic mass is 9.48. The van der Waals surface area contributed by atoms with Gasteiger partial charge in [-0.3, -0.25) is 9.69 Å². The number of ether oxygens (including phenoxy) is 1. The Labute approximate surface area is 214 Å². The molecule has 0 aromatic heterocycles. The van der Waals surface area contributed by atoms with Gasteiger partial charge in [-0.2, -0.15) is 0 Å². The zero-order valence-electron chi connectivity index (χ0n) is 20.8. The van der Waals surface area contributed by atoms with Gasteiger partial charge in [-0.15, -0.1) is 0 Å². The van der Waals surface area contributed by atoms with Crippen LogP contribution in [-0.2, 0) is 16.6 Å². The third kappa shape index (κ3) is 3.18. The molecule has 1 saturated heterocycles. The Hall–Kier alpha value is -2.71. The summed E-state index contributed by atoms with van der Waals surface area (Å²) in [5.74, 6) is -1.73. The molecule has 8 heteroatoms. The fraction of sp³-hybridized carbons (Fsp3) is 0.552. The van der Waals surface area contributed by atoms with Gasteiger partial charge in [-0.1, -0.05) is 12.1 Å². The molecule has 6 atom stereocenters. The summed E-state index contributed by atoms with van der Waals surface area (Å²) in [6, 6.07) is 6.73. The summed E-state index contributed by atoms with van der Waals surface area (Å²) < 4.78 is 33.7. The molecule has 2 saturated carbocycles. The summed E-state index contributed by atoms with van der Waals surface area (Å²) in [5.41, 5.74) is 0.663. The number of piperidine rings is 1. The monoisotopic (exact) mass is 510 g/mol. The van der Waals surface area contributed by atoms with Crippen LogP contribution in [0.4, 0.5) is 8.78 Å². The van der Waals surface area contributed by atoms with Gasteiger partial charge in [0.25, 0.3) is 0 Å². The lowest BCUT2D eigenvalue weighted by Crippen LogP contribution is -2.78. The van der Waals surface area contributed by atoms with E-state index in [9.17, 15) is 23.8 Å². The summed E-state index contributed by atoms with van der Waals surface area (Å²) in [6.07, 6.45) is 4.41. The van der Waals surface area contributed by atoms with Crippen molar-refractivity contribution in [2.75, 3.05) is 13.1 Å². The zero-order valence-corrected chi connectivity index (χ0v) is 20.8. The number of hydrogen-bond acceptors (Lipinski definition) is 5. The Morgan fingerprint density at radius 1 is 1.19 bits per heavy atom. The van der Waals surface area contributed by atoms with Gasteiger partial charge in [0, 0.05) is 18.2 Å². The van der Waals surface area contributed by atoms with Crippen LogP contribution < -0.4 is 10.1 Å². The van der Waals surface area contributed by atoms with E-state index in [1.807, 2.05) is 6.07 Å². The highest BCUT2D eigenvalue weighted by Crippen LogP contribution is 2.65. The summed E-state index contributed by atoms with van der Waals surface area (Å²) in [5, 5.41) is 26.4. The molecule has 3 aliphatic carbocycles. The van der Waals surface area contributed by atoms with Crippen molar-refractivity contribution in [3.05, 3.63) is 58.7 Å². The standard InChI is InChI=1S/C29H32F2N2O4/c1-15(17-4-6-19(30)20(31)12-17)27(35)32-21-8-9-29(36)23-13-18-5-7-22(34)25-24(18)28(29,26(21)37-25)10-11-33(23)14-16-2-3-16/h4-7,12,15-16,21,23,26,34,36H,2-3,8-11,13-14H2,1H3,(H,32,35)/t15?,21?,23-,26?,28+,29-/m1/s1. The van der Waals surface area contributed by atoms with E-state index in [0.29, 0.717) is 42.9 Å². The summed E-state index contributed by atoms with van der Waals surface area (Å²) in [6.45, 7) is 3.51. The van der Waals surface area contributed by atoms with Crippen LogP contribution in [0.1, 0.15) is 61.6 Å². The molecule has 3 N–H and O–H groups in total. The molecule has 196 valence electrons. The minimum absolute atomic E-state index is 0.0336. The second-order valence-corrected chi connectivity index (χ2v) is 11.8. The first-order valence-electron chi connectivity index (χ1n) is 13.5. The van der Waals surface area contributed by atoms with E-state index in [-0.39, 0.29) is 17.7 Å². The van der Waals surface area contributed by atoms with Crippen LogP contribution in [0.2, 0.25) is 0 Å². The van der Waals surface area contributed by atoms with Crippen molar-refractivity contribution in [1.29, 1.82) is 0 Å². The topological polar surface area (TPSA) is 82.0 Å². The number of amides is 1. The average molecular weight is 511 g/mol. The lowest BCUT2D eigenvalue weighted by molar-refractivity contribution is -0.192. The Balaban J connectivity index is 1.24. The SMILES string of the molecule is CC(C(=O)NC1CC[C@@]2(O)[C@H]3Cc4ccc(O)c5c4[C@@]2(CCN3CC2CC2)C1O5)c1ccc(F)c(F)c1. The minimum Gasteiger partial charge on any atom is -0.504 e. The van der Waals surface area contributed by atoms with Gasteiger partial charge in [0.2, 0.25) is 5.91 Å². The van der Waals surface area contributed by atoms with Crippen molar-refractivity contribution >= 4 is 5.91 Å². The summed E-state index contributed by atoms with van der Waals surface area (Å²) >= 11 is 0. The van der Waals surface area contributed by atoms with E-state index >= 15 is 0 Å². The van der Waals surface area contributed by atoms with Crippen molar-refractivity contribution in [3.63, 3.8) is 0 Å². The third-order valence-corrected chi connectivity index (χ3v) is 9.93. The summed E-state index contributed by atoms with van der Waals surface area (Å²) in [7, 11) is 0. The fourth-order valence-electron chi connectivity index (χ4n) is 7.87. The van der Waals surface area contributed by atoms with E-state index in [0.717, 1.165) is 36.3 Å². The Morgan fingerprint density at radius 2 is 2.00 bits per heavy atom. The van der Waals surface area contributed by atoms with Crippen molar-refractivity contribution in [2.24, 2.45) is 5.92 Å². The first-order valence-corrected chi connectivity index (χ1v) is 13.5. The van der Waals surface area contributed by atoms with E-state index in [1.54, 1.807) is 13.0 Å². The number of carbonyl (C=O) groups is 1. The molecule has 2 heterocycles. The number of nitrogens with one attached hydrogen (secondary N) is 1. The number of halogens is 2. The smallest absolute Gasteiger partial charge is 0.227 e. The van der Waals surface area contributed by atoms with Gasteiger partial charge >= 0.3 is 0 Å². The number of likely N-dealkylation sites (tertiary alicyclic amines) is 1. The second kappa shape index (κ2) is 7.90. The van der Waals surface area contributed by atoms with Crippen molar-refractivity contribution in [2.45, 2.75) is 80.6 Å². The second-order valence-electron chi connectivity index (χ2n) is 11.8. The average Bonchev–Trinajstić information content (AvgIpc) is 3.62. The maximum atomic E-state index is 13.8. The lowest BCUT2D eigenvalue weighted by Gasteiger charge is -2.64. The molecule has 7 rings (SSSR count). The van der Waals surface area contributed by atoms with Crippen LogP contribution in [0.15, 0.2) is 30.3 Å². The third-order valence-electron chi connectivity index (χ3n) is 9.93. The van der Waals surface area contributed by atoms with Gasteiger partial charge in [0.05, 0.1) is 23.0 Å². The fourth-order valence-corrected chi connectivity index (χ4v) is 7.87. The number of nitrogens with zero attached hydrogens (tertiary/aromatic N) is 1. The van der Waals surface area contributed by atoms with Crippen molar-refractivity contribution in [1.82, 2.24) is 10.2 Å². The number of aliphatic hydroxyl groups is 1. The van der Waals surface area contributed by atoms with Gasteiger partial charge < -0.3 is 20.3 Å². The maximum absolute atomic E-state index is 13.8. The van der Waals surface area contributed by atoms with E-state index in [2.05, 4.69) is 10.2 Å². The molecule has 2 aliphatic heterocycles. The molecule has 1 amide bonds. The number of carbonyl (C=O) groups excluding carboxylic acids is 1. The van der Waals surface area contributed by atoms with E-state index in [4.69, 9.17) is 4.74 Å². The highest BCUT2D eigenvalue weighted by atomic mass is 19.2. The highest BCUT2D eigenvalue weighted by molar-refractivity contribution is 5.83. The van der Waals surface area contributed by atoms with Crippen LogP contribution in [0, 0.1) is 17.6 Å². The normalized spacial score (nSPS) is 34.4. The number of aromatic hydroxyl groups is 1. The zero-order chi connectivity index (χ0) is 25.7. The maximum Gasteiger partial charge on any atom is 0.227 e. The van der Waals surface area contributed by atoms with Crippen LogP contribution in [0.5, 0.6) is 11.5 Å². The predicted molar refractivity (Wildman–Crippen MR) is 131 cm³/mol. The quantitative estimate of drug-likeness (QED) is 0.574. The predicted octanol–water partition coefficient (Wildman–Crippen LogP) is 3.52. The van der Waals surface area contributed by atoms with Gasteiger partial charge in [0.1, 0.15) is 6.10 Å². The minimum atomic E-state index is -1.02. The molecule has 5 aliphatic rings. The van der Waals surface area contributed by atoms with E-state index in [1.165, 1.54) is 18.9 Å². The molecule has 6 nitrogen and oxygen atoms in total. The molecule has 2 bridgehead atoms. The van der Waals surface area contributed by atoms with Crippen molar-refractivity contribution in [3.8, 4) is 11.5 Å². The first-order chi connectivity index (χ1) is 17.7. The van der Waals surface area contributed by atoms with Gasteiger partial charge in [-0.05, 0) is 87.2 Å². The number of phenols is 1. The van der Waals surface area contributed by atoms with Crippen LogP contribution in [0.25, 0.3) is 0 Å². The number of hydrogen-bond donors (Lipinski definition) is 3. The highest BCUT2D eigenvalue weighted by Gasteiger charge is 2.73. The van der Waals surface area contributed by atoms with Crippen molar-refractivity contribution < 1.29 is 28.5 Å². The molecule has 2 aromatic rings. The van der Waals surface area contributed by atoms with Crippen LogP contribution in [0.3, 0.4) is 0 Å². The molecule has 3 fully saturated rings. The number of benzene rings is 2. The van der Waals surface area contributed by atoms with Crippen LogP contribution in [-0.4, -0.2) is 57.9 Å². The molecular weight excluding hydrogens is 478 g/mol. The molecule has 37 heavy (non-hydrogen) atoms. The summed E-state index contributed by atoms with van der Waals surface area (Å²) in [4.78, 5) is 15.8. The van der Waals surface area contributed by atoms with Crippen LogP contribution >= 0.6 is 0 Å². The largest absolute Gasteiger partial charge is 0.504 e. The number of phenolic OH excluding ortho intramolecular Hbond substituents is 1. The Bertz CT molecular complexity index is 1300. The Kier molecular flexibility index (Phi) is 5.00. The molecular formula is C29H32F2N2O4.